The second-order valence-corrected chi connectivity index (χ2v) is 4.22. The van der Waals surface area contributed by atoms with Crippen molar-refractivity contribution in [3.63, 3.8) is 0 Å². The van der Waals surface area contributed by atoms with Crippen molar-refractivity contribution < 1.29 is 9.18 Å². The van der Waals surface area contributed by atoms with Crippen molar-refractivity contribution in [3.05, 3.63) is 47.0 Å². The first-order valence-electron chi connectivity index (χ1n) is 5.55. The van der Waals surface area contributed by atoms with Gasteiger partial charge in [0.1, 0.15) is 5.82 Å². The number of aromatic nitrogens is 2. The highest BCUT2D eigenvalue weighted by Gasteiger charge is 2.13. The van der Waals surface area contributed by atoms with Gasteiger partial charge in [0, 0.05) is 18.9 Å². The van der Waals surface area contributed by atoms with E-state index < -0.39 is 0 Å². The molecule has 0 bridgehead atoms. The molecule has 0 saturated heterocycles. The summed E-state index contributed by atoms with van der Waals surface area (Å²) in [6, 6.07) is 4.25. The minimum Gasteiger partial charge on any atom is -0.322 e. The molecule has 1 N–H and O–H groups in total. The van der Waals surface area contributed by atoms with Gasteiger partial charge in [0.15, 0.2) is 0 Å². The number of benzene rings is 1. The summed E-state index contributed by atoms with van der Waals surface area (Å²) < 4.78 is 14.5. The molecular weight excluding hydrogens is 233 g/mol. The monoisotopic (exact) mass is 247 g/mol. The molecule has 1 aromatic heterocycles. The Balaban J connectivity index is 2.24. The maximum absolute atomic E-state index is 12.9. The number of nitrogens with one attached hydrogen (secondary N) is 1. The summed E-state index contributed by atoms with van der Waals surface area (Å²) in [5.41, 5.74) is 2.46. The largest absolute Gasteiger partial charge is 0.322 e. The van der Waals surface area contributed by atoms with Gasteiger partial charge in [-0.2, -0.15) is 5.10 Å². The zero-order valence-electron chi connectivity index (χ0n) is 10.5. The molecule has 2 rings (SSSR count). The molecule has 0 unspecified atom stereocenters. The second-order valence-electron chi connectivity index (χ2n) is 4.22. The van der Waals surface area contributed by atoms with Crippen LogP contribution < -0.4 is 5.32 Å². The van der Waals surface area contributed by atoms with Crippen molar-refractivity contribution in [3.8, 4) is 0 Å². The summed E-state index contributed by atoms with van der Waals surface area (Å²) in [6.07, 6.45) is 1.66. The van der Waals surface area contributed by atoms with Crippen LogP contribution in [0.15, 0.2) is 24.4 Å². The van der Waals surface area contributed by atoms with Crippen LogP contribution in [0.5, 0.6) is 0 Å². The van der Waals surface area contributed by atoms with Gasteiger partial charge < -0.3 is 5.32 Å². The Kier molecular flexibility index (Phi) is 3.14. The number of aryl methyl sites for hydroxylation is 3. The van der Waals surface area contributed by atoms with Crippen molar-refractivity contribution in [2.24, 2.45) is 7.05 Å². The van der Waals surface area contributed by atoms with E-state index >= 15 is 0 Å². The third kappa shape index (κ3) is 2.40. The Labute approximate surface area is 104 Å². The smallest absolute Gasteiger partial charge is 0.259 e. The average molecular weight is 247 g/mol. The molecule has 0 fully saturated rings. The van der Waals surface area contributed by atoms with Crippen LogP contribution in [0.25, 0.3) is 0 Å². The quantitative estimate of drug-likeness (QED) is 0.886. The molecule has 94 valence electrons. The lowest BCUT2D eigenvalue weighted by Gasteiger charge is -2.07. The van der Waals surface area contributed by atoms with Gasteiger partial charge in [-0.25, -0.2) is 4.39 Å². The Morgan fingerprint density at radius 2 is 2.11 bits per heavy atom. The summed E-state index contributed by atoms with van der Waals surface area (Å²) in [4.78, 5) is 12.0. The highest BCUT2D eigenvalue weighted by atomic mass is 19.1. The topological polar surface area (TPSA) is 46.9 Å². The van der Waals surface area contributed by atoms with E-state index in [1.807, 2.05) is 0 Å². The van der Waals surface area contributed by atoms with Gasteiger partial charge in [0.2, 0.25) is 0 Å². The number of anilines is 1. The Bertz CT molecular complexity index is 604. The highest BCUT2D eigenvalue weighted by Crippen LogP contribution is 2.17. The fourth-order valence-electron chi connectivity index (χ4n) is 1.78. The molecule has 0 aliphatic carbocycles. The van der Waals surface area contributed by atoms with Gasteiger partial charge in [-0.15, -0.1) is 0 Å². The van der Waals surface area contributed by atoms with Crippen LogP contribution in [0.3, 0.4) is 0 Å². The summed E-state index contributed by atoms with van der Waals surface area (Å²) in [7, 11) is 1.76. The van der Waals surface area contributed by atoms with Gasteiger partial charge in [-0.05, 0) is 37.6 Å². The molecular formula is C13H14FN3O. The number of rotatable bonds is 2. The van der Waals surface area contributed by atoms with Gasteiger partial charge in [0.05, 0.1) is 11.3 Å². The number of hydrogen-bond acceptors (Lipinski definition) is 2. The maximum Gasteiger partial charge on any atom is 0.259 e. The van der Waals surface area contributed by atoms with Gasteiger partial charge in [0.25, 0.3) is 5.91 Å². The molecule has 2 aromatic rings. The van der Waals surface area contributed by atoms with Crippen LogP contribution in [0.1, 0.15) is 21.6 Å². The summed E-state index contributed by atoms with van der Waals surface area (Å²) in [5, 5.41) is 6.86. The predicted molar refractivity (Wildman–Crippen MR) is 67.0 cm³/mol. The molecule has 0 aliphatic heterocycles. The molecule has 4 nitrogen and oxygen atoms in total. The number of nitrogens with zero attached hydrogens (tertiary/aromatic N) is 2. The second kappa shape index (κ2) is 4.60. The number of carbonyl (C=O) groups excluding carboxylic acids is 1. The van der Waals surface area contributed by atoms with Gasteiger partial charge in [-0.3, -0.25) is 9.48 Å². The molecule has 0 aliphatic rings. The van der Waals surface area contributed by atoms with Gasteiger partial charge >= 0.3 is 0 Å². The van der Waals surface area contributed by atoms with Crippen LogP contribution in [-0.4, -0.2) is 15.7 Å². The molecule has 5 heteroatoms. The Morgan fingerprint density at radius 1 is 1.39 bits per heavy atom. The first-order chi connectivity index (χ1) is 8.47. The molecule has 1 heterocycles. The third-order valence-corrected chi connectivity index (χ3v) is 2.69. The average Bonchev–Trinajstić information content (AvgIpc) is 2.62. The zero-order valence-corrected chi connectivity index (χ0v) is 10.5. The van der Waals surface area contributed by atoms with Crippen LogP contribution in [0.4, 0.5) is 10.1 Å². The van der Waals surface area contributed by atoms with E-state index in [0.29, 0.717) is 22.5 Å². The first-order valence-corrected chi connectivity index (χ1v) is 5.55. The van der Waals surface area contributed by atoms with E-state index in [-0.39, 0.29) is 11.7 Å². The molecule has 0 spiro atoms. The van der Waals surface area contributed by atoms with Crippen molar-refractivity contribution in [1.29, 1.82) is 0 Å². The van der Waals surface area contributed by atoms with Gasteiger partial charge in [-0.1, -0.05) is 0 Å². The van der Waals surface area contributed by atoms with E-state index in [1.54, 1.807) is 37.8 Å². The third-order valence-electron chi connectivity index (χ3n) is 2.69. The Morgan fingerprint density at radius 3 is 2.67 bits per heavy atom. The molecule has 0 radical (unpaired) electrons. The lowest BCUT2D eigenvalue weighted by Crippen LogP contribution is -2.13. The highest BCUT2D eigenvalue weighted by molar-refractivity contribution is 6.05. The van der Waals surface area contributed by atoms with Crippen LogP contribution in [0.2, 0.25) is 0 Å². The van der Waals surface area contributed by atoms with Crippen LogP contribution in [-0.2, 0) is 7.05 Å². The first kappa shape index (κ1) is 12.3. The number of carbonyl (C=O) groups is 1. The van der Waals surface area contributed by atoms with Crippen molar-refractivity contribution >= 4 is 11.6 Å². The van der Waals surface area contributed by atoms with E-state index in [9.17, 15) is 9.18 Å². The van der Waals surface area contributed by atoms with Crippen molar-refractivity contribution in [2.45, 2.75) is 13.8 Å². The summed E-state index contributed by atoms with van der Waals surface area (Å²) in [6.45, 7) is 3.52. The SMILES string of the molecule is Cc1cc(F)ccc1NC(=O)c1cn(C)nc1C. The molecule has 1 amide bonds. The fraction of sp³-hybridized carbons (Fsp3) is 0.231. The van der Waals surface area contributed by atoms with Crippen LogP contribution in [0, 0.1) is 19.7 Å². The molecule has 1 aromatic carbocycles. The normalized spacial score (nSPS) is 10.4. The minimum atomic E-state index is -0.317. The predicted octanol–water partition coefficient (Wildman–Crippen LogP) is 2.43. The standard InChI is InChI=1S/C13H14FN3O/c1-8-6-10(14)4-5-12(8)15-13(18)11-7-17(3)16-9(11)2/h4-7H,1-3H3,(H,15,18). The van der Waals surface area contributed by atoms with Crippen molar-refractivity contribution in [2.75, 3.05) is 5.32 Å². The minimum absolute atomic E-state index is 0.240. The lowest BCUT2D eigenvalue weighted by atomic mass is 10.2. The fourth-order valence-corrected chi connectivity index (χ4v) is 1.78. The van der Waals surface area contributed by atoms with E-state index in [0.717, 1.165) is 0 Å². The summed E-state index contributed by atoms with van der Waals surface area (Å²) in [5.74, 6) is -0.557. The maximum atomic E-state index is 12.9. The summed E-state index contributed by atoms with van der Waals surface area (Å²) >= 11 is 0. The van der Waals surface area contributed by atoms with E-state index in [1.165, 1.54) is 12.1 Å². The number of hydrogen-bond donors (Lipinski definition) is 1. The number of halogens is 1. The molecule has 0 saturated carbocycles. The number of amides is 1. The van der Waals surface area contributed by atoms with E-state index in [2.05, 4.69) is 10.4 Å². The van der Waals surface area contributed by atoms with E-state index in [4.69, 9.17) is 0 Å². The van der Waals surface area contributed by atoms with Crippen LogP contribution >= 0.6 is 0 Å². The zero-order chi connectivity index (χ0) is 13.3. The lowest BCUT2D eigenvalue weighted by molar-refractivity contribution is 0.102. The van der Waals surface area contributed by atoms with Crippen molar-refractivity contribution in [1.82, 2.24) is 9.78 Å². The molecule has 18 heavy (non-hydrogen) atoms. The Hall–Kier alpha value is -2.17. The molecule has 0 atom stereocenters.